The number of alkyl halides is 1. The Balaban J connectivity index is 2.03. The Kier molecular flexibility index (Phi) is 5.50. The number of carbonyl (C=O) groups excluding carboxylic acids is 1. The maximum atomic E-state index is 14.7. The van der Waals surface area contributed by atoms with Gasteiger partial charge >= 0.3 is 5.97 Å². The van der Waals surface area contributed by atoms with Gasteiger partial charge in [0.25, 0.3) is 0 Å². The second-order valence-corrected chi connectivity index (χ2v) is 6.85. The molecule has 0 aliphatic carbocycles. The van der Waals surface area contributed by atoms with E-state index in [1.165, 1.54) is 6.20 Å². The van der Waals surface area contributed by atoms with E-state index in [2.05, 4.69) is 15.9 Å². The van der Waals surface area contributed by atoms with Gasteiger partial charge in [-0.15, -0.1) is 0 Å². The van der Waals surface area contributed by atoms with Crippen LogP contribution in [-0.4, -0.2) is 58.0 Å². The number of piperazine rings is 1. The average Bonchev–Trinajstić information content (AvgIpc) is 2.67. The molecule has 0 atom stereocenters. The zero-order valence-electron chi connectivity index (χ0n) is 14.7. The van der Waals surface area contributed by atoms with Crippen LogP contribution >= 0.6 is 15.9 Å². The number of hydrogen-bond donors (Lipinski definition) is 1. The van der Waals surface area contributed by atoms with Gasteiger partial charge in [-0.05, 0) is 19.1 Å². The molecule has 2 heterocycles. The number of amides is 1. The number of carboxylic acid groups (broad SMARTS) is 1. The van der Waals surface area contributed by atoms with E-state index in [0.717, 1.165) is 6.07 Å². The van der Waals surface area contributed by atoms with E-state index in [0.29, 0.717) is 43.9 Å². The van der Waals surface area contributed by atoms with Crippen molar-refractivity contribution < 1.29 is 19.1 Å². The molecule has 1 aliphatic rings. The third-order valence-electron chi connectivity index (χ3n) is 4.81. The minimum atomic E-state index is -1.33. The summed E-state index contributed by atoms with van der Waals surface area (Å²) in [5.41, 5.74) is -0.236. The van der Waals surface area contributed by atoms with Crippen LogP contribution in [0.4, 0.5) is 10.1 Å². The van der Waals surface area contributed by atoms with Crippen molar-refractivity contribution in [2.24, 2.45) is 0 Å². The topological polar surface area (TPSA) is 82.8 Å². The Labute approximate surface area is 163 Å². The summed E-state index contributed by atoms with van der Waals surface area (Å²) in [6, 6.07) is 2.70. The van der Waals surface area contributed by atoms with Crippen molar-refractivity contribution in [3.8, 4) is 0 Å². The highest BCUT2D eigenvalue weighted by Crippen LogP contribution is 2.26. The lowest BCUT2D eigenvalue weighted by Gasteiger charge is -2.36. The lowest BCUT2D eigenvalue weighted by atomic mass is 10.1. The lowest BCUT2D eigenvalue weighted by molar-refractivity contribution is -0.128. The van der Waals surface area contributed by atoms with Crippen LogP contribution < -0.4 is 10.3 Å². The molecule has 3 rings (SSSR count). The molecular weight excluding hydrogens is 421 g/mol. The van der Waals surface area contributed by atoms with Gasteiger partial charge in [0, 0.05) is 44.3 Å². The Morgan fingerprint density at radius 2 is 1.89 bits per heavy atom. The second-order valence-electron chi connectivity index (χ2n) is 6.29. The van der Waals surface area contributed by atoms with Crippen LogP contribution in [0.1, 0.15) is 17.3 Å². The van der Waals surface area contributed by atoms with Gasteiger partial charge in [0.1, 0.15) is 11.4 Å². The summed E-state index contributed by atoms with van der Waals surface area (Å²) in [6.45, 7) is 4.19. The molecule has 1 aromatic heterocycles. The zero-order valence-corrected chi connectivity index (χ0v) is 16.3. The van der Waals surface area contributed by atoms with Gasteiger partial charge in [-0.2, -0.15) is 0 Å². The van der Waals surface area contributed by atoms with Crippen LogP contribution in [0.2, 0.25) is 0 Å². The predicted molar refractivity (Wildman–Crippen MR) is 103 cm³/mol. The van der Waals surface area contributed by atoms with Crippen molar-refractivity contribution >= 4 is 44.4 Å². The van der Waals surface area contributed by atoms with E-state index in [-0.39, 0.29) is 22.2 Å². The molecule has 1 aromatic carbocycles. The summed E-state index contributed by atoms with van der Waals surface area (Å²) in [5, 5.41) is 9.52. The standard InChI is InChI=1S/C18H19BrFN3O4/c1-2-21-10-12(18(26)27)17(25)11-7-13(20)15(8-14(11)21)22-3-5-23(6-4-22)16(24)9-19/h7-8,10H,2-6,9H2,1H3,(H,26,27). The number of anilines is 1. The van der Waals surface area contributed by atoms with Gasteiger partial charge in [0.05, 0.1) is 16.5 Å². The molecule has 0 saturated carbocycles. The normalized spacial score (nSPS) is 14.6. The molecule has 0 radical (unpaired) electrons. The highest BCUT2D eigenvalue weighted by Gasteiger charge is 2.24. The van der Waals surface area contributed by atoms with Crippen LogP contribution in [0, 0.1) is 5.82 Å². The number of halogens is 2. The van der Waals surface area contributed by atoms with E-state index in [1.807, 2.05) is 11.8 Å². The number of carboxylic acids is 1. The molecule has 1 N–H and O–H groups in total. The van der Waals surface area contributed by atoms with E-state index in [9.17, 15) is 23.9 Å². The molecule has 1 saturated heterocycles. The summed E-state index contributed by atoms with van der Waals surface area (Å²) < 4.78 is 16.4. The third-order valence-corrected chi connectivity index (χ3v) is 5.29. The molecule has 0 spiro atoms. The van der Waals surface area contributed by atoms with E-state index in [4.69, 9.17) is 0 Å². The molecule has 1 fully saturated rings. The quantitative estimate of drug-likeness (QED) is 0.735. The number of carbonyl (C=O) groups is 2. The summed E-state index contributed by atoms with van der Waals surface area (Å²) in [6.07, 6.45) is 1.29. The first-order valence-corrected chi connectivity index (χ1v) is 9.68. The summed E-state index contributed by atoms with van der Waals surface area (Å²) in [5.74, 6) is -1.92. The first-order chi connectivity index (χ1) is 12.9. The third kappa shape index (κ3) is 3.55. The molecule has 1 amide bonds. The molecular formula is C18H19BrFN3O4. The van der Waals surface area contributed by atoms with Gasteiger partial charge in [-0.1, -0.05) is 15.9 Å². The number of pyridine rings is 1. The van der Waals surface area contributed by atoms with Gasteiger partial charge < -0.3 is 19.5 Å². The van der Waals surface area contributed by atoms with Crippen molar-refractivity contribution in [2.45, 2.75) is 13.5 Å². The molecule has 9 heteroatoms. The number of hydrogen-bond acceptors (Lipinski definition) is 4. The number of rotatable bonds is 4. The van der Waals surface area contributed by atoms with E-state index in [1.54, 1.807) is 15.5 Å². The minimum absolute atomic E-state index is 0.00495. The maximum Gasteiger partial charge on any atom is 0.341 e. The molecule has 7 nitrogen and oxygen atoms in total. The molecule has 0 bridgehead atoms. The van der Waals surface area contributed by atoms with Crippen LogP contribution in [0.3, 0.4) is 0 Å². The minimum Gasteiger partial charge on any atom is -0.477 e. The Morgan fingerprint density at radius 1 is 1.22 bits per heavy atom. The summed E-state index contributed by atoms with van der Waals surface area (Å²) in [4.78, 5) is 39.0. The zero-order chi connectivity index (χ0) is 19.7. The Hall–Kier alpha value is -2.42. The Bertz CT molecular complexity index is 967. The van der Waals surface area contributed by atoms with Crippen LogP contribution in [0.25, 0.3) is 10.9 Å². The highest BCUT2D eigenvalue weighted by atomic mass is 79.9. The fourth-order valence-electron chi connectivity index (χ4n) is 3.34. The number of fused-ring (bicyclic) bond motifs is 1. The summed E-state index contributed by atoms with van der Waals surface area (Å²) in [7, 11) is 0. The monoisotopic (exact) mass is 439 g/mol. The van der Waals surface area contributed by atoms with Crippen LogP contribution in [-0.2, 0) is 11.3 Å². The van der Waals surface area contributed by atoms with Crippen molar-refractivity contribution in [1.29, 1.82) is 0 Å². The number of aryl methyl sites for hydroxylation is 1. The average molecular weight is 440 g/mol. The van der Waals surface area contributed by atoms with Gasteiger partial charge in [0.2, 0.25) is 11.3 Å². The molecule has 1 aliphatic heterocycles. The van der Waals surface area contributed by atoms with Gasteiger partial charge in [-0.25, -0.2) is 9.18 Å². The number of aromatic nitrogens is 1. The van der Waals surface area contributed by atoms with Gasteiger partial charge in [0.15, 0.2) is 0 Å². The van der Waals surface area contributed by atoms with Crippen LogP contribution in [0.15, 0.2) is 23.1 Å². The van der Waals surface area contributed by atoms with Gasteiger partial charge in [-0.3, -0.25) is 9.59 Å². The molecule has 2 aromatic rings. The number of nitrogens with zero attached hydrogens (tertiary/aromatic N) is 3. The van der Waals surface area contributed by atoms with Crippen LogP contribution in [0.5, 0.6) is 0 Å². The predicted octanol–water partition coefficient (Wildman–Crippen LogP) is 1.90. The van der Waals surface area contributed by atoms with E-state index < -0.39 is 17.2 Å². The fourth-order valence-corrected chi connectivity index (χ4v) is 3.69. The van der Waals surface area contributed by atoms with Crippen molar-refractivity contribution in [1.82, 2.24) is 9.47 Å². The first-order valence-electron chi connectivity index (χ1n) is 8.56. The SMILES string of the molecule is CCn1cc(C(=O)O)c(=O)c2cc(F)c(N3CCN(C(=O)CBr)CC3)cc21. The molecule has 27 heavy (non-hydrogen) atoms. The largest absolute Gasteiger partial charge is 0.477 e. The second kappa shape index (κ2) is 7.67. The van der Waals surface area contributed by atoms with Crippen molar-refractivity contribution in [3.05, 3.63) is 39.9 Å². The first kappa shape index (κ1) is 19.3. The maximum absolute atomic E-state index is 14.7. The highest BCUT2D eigenvalue weighted by molar-refractivity contribution is 9.09. The molecule has 0 unspecified atom stereocenters. The number of aromatic carboxylic acids is 1. The smallest absolute Gasteiger partial charge is 0.341 e. The Morgan fingerprint density at radius 3 is 2.44 bits per heavy atom. The molecule has 144 valence electrons. The van der Waals surface area contributed by atoms with Crippen molar-refractivity contribution in [3.63, 3.8) is 0 Å². The lowest BCUT2D eigenvalue weighted by Crippen LogP contribution is -2.49. The fraction of sp³-hybridized carbons (Fsp3) is 0.389. The summed E-state index contributed by atoms with van der Waals surface area (Å²) >= 11 is 3.15. The van der Waals surface area contributed by atoms with E-state index >= 15 is 0 Å². The van der Waals surface area contributed by atoms with Crippen molar-refractivity contribution in [2.75, 3.05) is 36.4 Å². The number of benzene rings is 1.